The molecule has 1 aromatic heterocycles. The van der Waals surface area contributed by atoms with Gasteiger partial charge in [-0.25, -0.2) is 4.98 Å². The van der Waals surface area contributed by atoms with E-state index in [1.165, 1.54) is 5.56 Å². The molecule has 114 valence electrons. The van der Waals surface area contributed by atoms with E-state index in [9.17, 15) is 0 Å². The molecule has 0 aliphatic rings. The number of nitrogens with one attached hydrogen (secondary N) is 1. The van der Waals surface area contributed by atoms with Gasteiger partial charge in [0.2, 0.25) is 0 Å². The Hall–Kier alpha value is -1.04. The molecule has 0 atom stereocenters. The van der Waals surface area contributed by atoms with Crippen molar-refractivity contribution < 1.29 is 4.74 Å². The van der Waals surface area contributed by atoms with Crippen molar-refractivity contribution in [1.82, 2.24) is 14.9 Å². The predicted molar refractivity (Wildman–Crippen MR) is 88.7 cm³/mol. The summed E-state index contributed by atoms with van der Waals surface area (Å²) in [7, 11) is 1.87. The van der Waals surface area contributed by atoms with Gasteiger partial charge in [0.05, 0.1) is 6.20 Å². The summed E-state index contributed by atoms with van der Waals surface area (Å²) in [4.78, 5) is 4.22. The van der Waals surface area contributed by atoms with E-state index in [4.69, 9.17) is 16.3 Å². The minimum atomic E-state index is 0.396. The Kier molecular flexibility index (Phi) is 6.08. The van der Waals surface area contributed by atoms with E-state index in [1.54, 1.807) is 6.20 Å². The van der Waals surface area contributed by atoms with E-state index in [0.29, 0.717) is 11.8 Å². The lowest BCUT2D eigenvalue weighted by atomic mass is 10.2. The Morgan fingerprint density at radius 3 is 2.90 bits per heavy atom. The first-order valence-corrected chi connectivity index (χ1v) is 8.07. The zero-order valence-electron chi connectivity index (χ0n) is 12.2. The van der Waals surface area contributed by atoms with Crippen LogP contribution in [0.4, 0.5) is 0 Å². The average Bonchev–Trinajstić information content (AvgIpc) is 2.79. The van der Waals surface area contributed by atoms with Gasteiger partial charge in [0.15, 0.2) is 0 Å². The van der Waals surface area contributed by atoms with Gasteiger partial charge in [0.1, 0.15) is 23.3 Å². The molecule has 0 aliphatic carbocycles. The van der Waals surface area contributed by atoms with E-state index >= 15 is 0 Å². The lowest BCUT2D eigenvalue weighted by molar-refractivity contribution is 0.291. The zero-order valence-corrected chi connectivity index (χ0v) is 14.5. The quantitative estimate of drug-likeness (QED) is 0.749. The van der Waals surface area contributed by atoms with Crippen LogP contribution < -0.4 is 10.1 Å². The van der Waals surface area contributed by atoms with Gasteiger partial charge in [-0.1, -0.05) is 34.5 Å². The van der Waals surface area contributed by atoms with E-state index in [0.717, 1.165) is 35.6 Å². The van der Waals surface area contributed by atoms with Crippen LogP contribution in [0.3, 0.4) is 0 Å². The van der Waals surface area contributed by atoms with Crippen molar-refractivity contribution in [2.45, 2.75) is 26.5 Å². The monoisotopic (exact) mass is 371 g/mol. The minimum Gasteiger partial charge on any atom is -0.486 e. The molecule has 0 aliphatic heterocycles. The third kappa shape index (κ3) is 4.46. The van der Waals surface area contributed by atoms with Crippen LogP contribution in [0.2, 0.25) is 5.15 Å². The molecular weight excluding hydrogens is 354 g/mol. The second-order valence-corrected chi connectivity index (χ2v) is 6.02. The maximum Gasteiger partial charge on any atom is 0.147 e. The molecule has 21 heavy (non-hydrogen) atoms. The first kappa shape index (κ1) is 16.3. The van der Waals surface area contributed by atoms with Crippen LogP contribution in [0.5, 0.6) is 5.75 Å². The predicted octanol–water partition coefficient (Wildman–Crippen LogP) is 3.91. The van der Waals surface area contributed by atoms with Gasteiger partial charge >= 0.3 is 0 Å². The summed E-state index contributed by atoms with van der Waals surface area (Å²) < 4.78 is 8.69. The summed E-state index contributed by atoms with van der Waals surface area (Å²) in [6, 6.07) is 5.99. The Morgan fingerprint density at radius 1 is 1.43 bits per heavy atom. The molecule has 2 aromatic rings. The number of imidazole rings is 1. The molecular formula is C15H19BrClN3O. The molecule has 1 aromatic carbocycles. The van der Waals surface area contributed by atoms with E-state index in [2.05, 4.69) is 33.2 Å². The molecule has 0 unspecified atom stereocenters. The molecule has 0 spiro atoms. The maximum atomic E-state index is 5.96. The van der Waals surface area contributed by atoms with Crippen molar-refractivity contribution in [2.75, 3.05) is 6.54 Å². The highest BCUT2D eigenvalue weighted by molar-refractivity contribution is 9.10. The highest BCUT2D eigenvalue weighted by Crippen LogP contribution is 2.23. The molecule has 0 radical (unpaired) electrons. The Morgan fingerprint density at radius 2 is 2.24 bits per heavy atom. The van der Waals surface area contributed by atoms with Crippen molar-refractivity contribution in [1.29, 1.82) is 0 Å². The van der Waals surface area contributed by atoms with Gasteiger partial charge in [0, 0.05) is 18.1 Å². The normalized spacial score (nSPS) is 10.9. The Bertz CT molecular complexity index is 601. The van der Waals surface area contributed by atoms with Crippen molar-refractivity contribution in [3.63, 3.8) is 0 Å². The van der Waals surface area contributed by atoms with Crippen LogP contribution in [-0.2, 0) is 20.2 Å². The standard InChI is InChI=1S/C15H19BrClN3O/c1-3-6-18-8-11-7-12(4-5-13(11)16)21-10-15-19-9-14(17)20(15)2/h4-5,7,9,18H,3,6,8,10H2,1-2H3. The lowest BCUT2D eigenvalue weighted by Gasteiger charge is -2.10. The van der Waals surface area contributed by atoms with E-state index in [-0.39, 0.29) is 0 Å². The molecule has 0 amide bonds. The Balaban J connectivity index is 2.00. The summed E-state index contributed by atoms with van der Waals surface area (Å²) in [6.45, 7) is 4.37. The second-order valence-electron chi connectivity index (χ2n) is 4.77. The van der Waals surface area contributed by atoms with Crippen LogP contribution in [0, 0.1) is 0 Å². The first-order chi connectivity index (χ1) is 10.1. The number of halogens is 2. The van der Waals surface area contributed by atoms with Gasteiger partial charge in [-0.3, -0.25) is 0 Å². The highest BCUT2D eigenvalue weighted by atomic mass is 79.9. The molecule has 0 bridgehead atoms. The number of hydrogen-bond acceptors (Lipinski definition) is 3. The molecule has 1 N–H and O–H groups in total. The summed E-state index contributed by atoms with van der Waals surface area (Å²) in [5, 5.41) is 3.99. The third-order valence-corrected chi connectivity index (χ3v) is 4.28. The van der Waals surface area contributed by atoms with Crippen LogP contribution in [0.25, 0.3) is 0 Å². The van der Waals surface area contributed by atoms with Gasteiger partial charge in [-0.05, 0) is 36.7 Å². The van der Waals surface area contributed by atoms with E-state index in [1.807, 2.05) is 29.8 Å². The van der Waals surface area contributed by atoms with Gasteiger partial charge in [-0.15, -0.1) is 0 Å². The van der Waals surface area contributed by atoms with Gasteiger partial charge in [-0.2, -0.15) is 0 Å². The minimum absolute atomic E-state index is 0.396. The summed E-state index contributed by atoms with van der Waals surface area (Å²) in [5.74, 6) is 1.62. The number of ether oxygens (including phenoxy) is 1. The topological polar surface area (TPSA) is 39.1 Å². The summed E-state index contributed by atoms with van der Waals surface area (Å²) in [6.07, 6.45) is 2.75. The number of rotatable bonds is 7. The first-order valence-electron chi connectivity index (χ1n) is 6.90. The largest absolute Gasteiger partial charge is 0.486 e. The number of aromatic nitrogens is 2. The van der Waals surface area contributed by atoms with E-state index < -0.39 is 0 Å². The molecule has 6 heteroatoms. The molecule has 0 saturated heterocycles. The van der Waals surface area contributed by atoms with Crippen LogP contribution in [-0.4, -0.2) is 16.1 Å². The fourth-order valence-electron chi connectivity index (χ4n) is 1.88. The van der Waals surface area contributed by atoms with Crippen LogP contribution >= 0.6 is 27.5 Å². The molecule has 4 nitrogen and oxygen atoms in total. The van der Waals surface area contributed by atoms with Crippen molar-refractivity contribution in [3.8, 4) is 5.75 Å². The smallest absolute Gasteiger partial charge is 0.147 e. The highest BCUT2D eigenvalue weighted by Gasteiger charge is 2.07. The molecule has 0 fully saturated rings. The van der Waals surface area contributed by atoms with Crippen molar-refractivity contribution >= 4 is 27.5 Å². The van der Waals surface area contributed by atoms with Crippen molar-refractivity contribution in [3.05, 3.63) is 45.4 Å². The summed E-state index contributed by atoms with van der Waals surface area (Å²) in [5.41, 5.74) is 1.18. The van der Waals surface area contributed by atoms with Crippen LogP contribution in [0.15, 0.2) is 28.9 Å². The van der Waals surface area contributed by atoms with Gasteiger partial charge < -0.3 is 14.6 Å². The molecule has 2 rings (SSSR count). The molecule has 1 heterocycles. The zero-order chi connectivity index (χ0) is 15.2. The fourth-order valence-corrected chi connectivity index (χ4v) is 2.42. The number of nitrogens with zero attached hydrogens (tertiary/aromatic N) is 2. The fraction of sp³-hybridized carbons (Fsp3) is 0.400. The second kappa shape index (κ2) is 7.82. The molecule has 0 saturated carbocycles. The lowest BCUT2D eigenvalue weighted by Crippen LogP contribution is -2.14. The summed E-state index contributed by atoms with van der Waals surface area (Å²) >= 11 is 9.52. The number of hydrogen-bond donors (Lipinski definition) is 1. The SMILES string of the molecule is CCCNCc1cc(OCc2ncc(Cl)n2C)ccc1Br. The van der Waals surface area contributed by atoms with Gasteiger partial charge in [0.25, 0.3) is 0 Å². The average molecular weight is 373 g/mol. The Labute approximate surface area is 138 Å². The number of benzene rings is 1. The third-order valence-electron chi connectivity index (χ3n) is 3.16. The maximum absolute atomic E-state index is 5.96. The van der Waals surface area contributed by atoms with Crippen LogP contribution in [0.1, 0.15) is 24.7 Å². The van der Waals surface area contributed by atoms with Crippen molar-refractivity contribution in [2.24, 2.45) is 7.05 Å².